The Labute approximate surface area is 215 Å². The molecule has 1 saturated heterocycles. The minimum atomic E-state index is -0.224. The summed E-state index contributed by atoms with van der Waals surface area (Å²) in [6.45, 7) is 14.6. The predicted octanol–water partition coefficient (Wildman–Crippen LogP) is 4.81. The number of aliphatic hydroxyl groups is 1. The fourth-order valence-electron chi connectivity index (χ4n) is 4.30. The minimum absolute atomic E-state index is 0.00108. The van der Waals surface area contributed by atoms with Crippen LogP contribution in [0.4, 0.5) is 6.01 Å². The van der Waals surface area contributed by atoms with Crippen molar-refractivity contribution >= 4 is 17.5 Å². The molecule has 1 aliphatic rings. The Bertz CT molecular complexity index is 964. The van der Waals surface area contributed by atoms with Crippen LogP contribution in [0.3, 0.4) is 0 Å². The second-order valence-electron chi connectivity index (χ2n) is 10.2. The van der Waals surface area contributed by atoms with Crippen LogP contribution in [0, 0.1) is 11.8 Å². The molecule has 8 nitrogen and oxygen atoms in total. The number of hydrogen-bond acceptors (Lipinski definition) is 7. The van der Waals surface area contributed by atoms with E-state index in [1.165, 1.54) is 0 Å². The molecule has 1 aromatic carbocycles. The third-order valence-corrected chi connectivity index (χ3v) is 6.90. The van der Waals surface area contributed by atoms with E-state index in [4.69, 9.17) is 14.4 Å². The number of nitrogens with zero attached hydrogens (tertiary/aromatic N) is 3. The van der Waals surface area contributed by atoms with Crippen LogP contribution < -0.4 is 15.0 Å². The summed E-state index contributed by atoms with van der Waals surface area (Å²) >= 11 is 0. The van der Waals surface area contributed by atoms with E-state index in [9.17, 15) is 4.79 Å². The van der Waals surface area contributed by atoms with Crippen molar-refractivity contribution in [3.63, 3.8) is 0 Å². The van der Waals surface area contributed by atoms with Gasteiger partial charge in [0.25, 0.3) is 0 Å². The smallest absolute Gasteiger partial charge is 0.324 e. The molecule has 2 N–H and O–H groups in total. The summed E-state index contributed by atoms with van der Waals surface area (Å²) in [7, 11) is 0. The summed E-state index contributed by atoms with van der Waals surface area (Å²) in [6.07, 6.45) is 4.29. The number of carbonyl (C=O) groups is 1. The average Bonchev–Trinajstić information content (AvgIpc) is 3.39. The lowest BCUT2D eigenvalue weighted by Gasteiger charge is -2.30. The normalized spacial score (nSPS) is 16.1. The van der Waals surface area contributed by atoms with E-state index in [1.807, 2.05) is 31.2 Å². The van der Waals surface area contributed by atoms with Gasteiger partial charge < -0.3 is 24.6 Å². The molecule has 198 valence electrons. The highest BCUT2D eigenvalue weighted by Crippen LogP contribution is 2.26. The summed E-state index contributed by atoms with van der Waals surface area (Å²) in [5.41, 5.74) is 2.08. The Morgan fingerprint density at radius 2 is 1.94 bits per heavy atom. The van der Waals surface area contributed by atoms with Gasteiger partial charge in [-0.15, -0.1) is 0 Å². The Morgan fingerprint density at radius 3 is 2.53 bits per heavy atom. The van der Waals surface area contributed by atoms with Gasteiger partial charge in [-0.1, -0.05) is 44.6 Å². The molecule has 8 heteroatoms. The zero-order valence-electron chi connectivity index (χ0n) is 22.2. The Balaban J connectivity index is 1.40. The number of ether oxygens (including phenoxy) is 1. The number of anilines is 1. The summed E-state index contributed by atoms with van der Waals surface area (Å²) in [6, 6.07) is 8.47. The topological polar surface area (TPSA) is 101 Å². The molecule has 2 aromatic rings. The highest BCUT2D eigenvalue weighted by atomic mass is 16.5. The van der Waals surface area contributed by atoms with Crippen molar-refractivity contribution < 1.29 is 19.2 Å². The van der Waals surface area contributed by atoms with E-state index in [-0.39, 0.29) is 30.4 Å². The number of rotatable bonds is 13. The molecule has 36 heavy (non-hydrogen) atoms. The first-order chi connectivity index (χ1) is 17.3. The number of amides is 1. The van der Waals surface area contributed by atoms with Crippen molar-refractivity contribution in [2.45, 2.75) is 71.8 Å². The van der Waals surface area contributed by atoms with E-state index in [1.54, 1.807) is 6.92 Å². The molecule has 1 amide bonds. The molecule has 3 rings (SSSR count). The third-order valence-electron chi connectivity index (χ3n) is 6.90. The van der Waals surface area contributed by atoms with Gasteiger partial charge >= 0.3 is 6.01 Å². The first-order valence-electron chi connectivity index (χ1n) is 13.2. The van der Waals surface area contributed by atoms with Crippen LogP contribution in [0.25, 0.3) is 5.57 Å². The van der Waals surface area contributed by atoms with Crippen LogP contribution >= 0.6 is 0 Å². The number of piperidine rings is 1. The molecule has 2 unspecified atom stereocenters. The number of nitrogens with one attached hydrogen (secondary N) is 1. The van der Waals surface area contributed by atoms with Crippen molar-refractivity contribution in [3.8, 4) is 5.75 Å². The standard InChI is InChI=1S/C28H42N4O4/c1-6-23(27(34)29-21(5)17-33)8-7-20(4)24-9-11-25(12-10-24)35-18-22-13-15-32(16-14-22)28-30-26(19(2)3)31-36-28/h9-12,19,21-23,33H,4,6-8,13-18H2,1-3,5H3,(H,29,34). The number of aromatic nitrogens is 2. The molecular formula is C28H42N4O4. The fraction of sp³-hybridized carbons (Fsp3) is 0.607. The van der Waals surface area contributed by atoms with Crippen molar-refractivity contribution in [2.24, 2.45) is 11.8 Å². The van der Waals surface area contributed by atoms with Crippen LogP contribution in [0.5, 0.6) is 5.75 Å². The van der Waals surface area contributed by atoms with Crippen LogP contribution in [0.1, 0.15) is 77.1 Å². The number of benzene rings is 1. The second kappa shape index (κ2) is 13.4. The SMILES string of the molecule is C=C(CCC(CC)C(=O)NC(C)CO)c1ccc(OCC2CCN(c3nc(C(C)C)no3)CC2)cc1. The monoisotopic (exact) mass is 498 g/mol. The third kappa shape index (κ3) is 7.82. The highest BCUT2D eigenvalue weighted by molar-refractivity contribution is 5.79. The Hall–Kier alpha value is -2.87. The van der Waals surface area contributed by atoms with Crippen LogP contribution in [-0.4, -0.2) is 53.5 Å². The molecule has 0 bridgehead atoms. The number of hydrogen-bond donors (Lipinski definition) is 2. The molecule has 2 heterocycles. The maximum absolute atomic E-state index is 12.4. The number of aliphatic hydroxyl groups excluding tert-OH is 1. The van der Waals surface area contributed by atoms with Crippen molar-refractivity contribution in [1.82, 2.24) is 15.5 Å². The van der Waals surface area contributed by atoms with Gasteiger partial charge in [-0.2, -0.15) is 4.98 Å². The van der Waals surface area contributed by atoms with Gasteiger partial charge in [0.2, 0.25) is 5.91 Å². The van der Waals surface area contributed by atoms with Crippen LogP contribution in [0.15, 0.2) is 35.4 Å². The van der Waals surface area contributed by atoms with Crippen LogP contribution in [-0.2, 0) is 4.79 Å². The summed E-state index contributed by atoms with van der Waals surface area (Å²) in [5, 5.41) is 16.1. The molecular weight excluding hydrogens is 456 g/mol. The molecule has 0 spiro atoms. The Morgan fingerprint density at radius 1 is 1.25 bits per heavy atom. The lowest BCUT2D eigenvalue weighted by atomic mass is 9.94. The number of carbonyl (C=O) groups excluding carboxylic acids is 1. The molecule has 1 fully saturated rings. The van der Waals surface area contributed by atoms with Crippen LogP contribution in [0.2, 0.25) is 0 Å². The molecule has 0 aliphatic carbocycles. The van der Waals surface area contributed by atoms with Gasteiger partial charge in [-0.05, 0) is 68.2 Å². The van der Waals surface area contributed by atoms with Gasteiger partial charge in [-0.25, -0.2) is 0 Å². The molecule has 1 aromatic heterocycles. The molecule has 1 aliphatic heterocycles. The second-order valence-corrected chi connectivity index (χ2v) is 10.2. The molecule has 2 atom stereocenters. The number of allylic oxidation sites excluding steroid dienone is 1. The van der Waals surface area contributed by atoms with Gasteiger partial charge in [0.15, 0.2) is 5.82 Å². The molecule has 0 saturated carbocycles. The summed E-state index contributed by atoms with van der Waals surface area (Å²) < 4.78 is 11.5. The summed E-state index contributed by atoms with van der Waals surface area (Å²) in [4.78, 5) is 19.0. The maximum atomic E-state index is 12.4. The zero-order valence-corrected chi connectivity index (χ0v) is 22.2. The summed E-state index contributed by atoms with van der Waals surface area (Å²) in [5.74, 6) is 2.29. The predicted molar refractivity (Wildman–Crippen MR) is 142 cm³/mol. The van der Waals surface area contributed by atoms with E-state index >= 15 is 0 Å². The van der Waals surface area contributed by atoms with Crippen molar-refractivity contribution in [1.29, 1.82) is 0 Å². The lowest BCUT2D eigenvalue weighted by Crippen LogP contribution is -2.39. The average molecular weight is 499 g/mol. The Kier molecular flexibility index (Phi) is 10.3. The molecule has 0 radical (unpaired) electrons. The first kappa shape index (κ1) is 27.7. The fourth-order valence-corrected chi connectivity index (χ4v) is 4.30. The van der Waals surface area contributed by atoms with Crippen molar-refractivity contribution in [2.75, 3.05) is 31.2 Å². The van der Waals surface area contributed by atoms with Crippen molar-refractivity contribution in [3.05, 3.63) is 42.2 Å². The van der Waals surface area contributed by atoms with Gasteiger partial charge in [0.05, 0.1) is 13.2 Å². The van der Waals surface area contributed by atoms with Gasteiger partial charge in [0.1, 0.15) is 5.75 Å². The largest absolute Gasteiger partial charge is 0.493 e. The van der Waals surface area contributed by atoms with E-state index in [0.29, 0.717) is 18.5 Å². The maximum Gasteiger partial charge on any atom is 0.324 e. The van der Waals surface area contributed by atoms with E-state index in [2.05, 4.69) is 40.8 Å². The lowest BCUT2D eigenvalue weighted by molar-refractivity contribution is -0.126. The highest BCUT2D eigenvalue weighted by Gasteiger charge is 2.24. The first-order valence-corrected chi connectivity index (χ1v) is 13.2. The zero-order chi connectivity index (χ0) is 26.1. The van der Waals surface area contributed by atoms with Gasteiger partial charge in [-0.3, -0.25) is 4.79 Å². The minimum Gasteiger partial charge on any atom is -0.493 e. The van der Waals surface area contributed by atoms with E-state index < -0.39 is 0 Å². The van der Waals surface area contributed by atoms with Gasteiger partial charge in [0, 0.05) is 31.0 Å². The quantitative estimate of drug-likeness (QED) is 0.409. The van der Waals surface area contributed by atoms with E-state index in [0.717, 1.165) is 67.9 Å².